The van der Waals surface area contributed by atoms with Gasteiger partial charge in [0.25, 0.3) is 0 Å². The summed E-state index contributed by atoms with van der Waals surface area (Å²) in [6.07, 6.45) is 12.2. The Kier molecular flexibility index (Phi) is 14.1. The molecule has 0 aromatic heterocycles. The Balaban J connectivity index is 0.000000397. The second kappa shape index (κ2) is 16.4. The van der Waals surface area contributed by atoms with Crippen LogP contribution in [-0.2, 0) is 9.47 Å². The molecule has 0 unspecified atom stereocenters. The number of nitrogens with one attached hydrogen (secondary N) is 1. The average Bonchev–Trinajstić information content (AvgIpc) is 3.61. The van der Waals surface area contributed by atoms with Gasteiger partial charge in [0.1, 0.15) is 22.2 Å². The summed E-state index contributed by atoms with van der Waals surface area (Å²) in [7, 11) is 3.27. The first-order valence-corrected chi connectivity index (χ1v) is 12.7. The van der Waals surface area contributed by atoms with Gasteiger partial charge in [-0.05, 0) is 63.8 Å². The first-order chi connectivity index (χ1) is 17.6. The highest BCUT2D eigenvalue weighted by Gasteiger charge is 2.42. The lowest BCUT2D eigenvalue weighted by molar-refractivity contribution is 0.0674. The van der Waals surface area contributed by atoms with Crippen LogP contribution >= 0.6 is 11.6 Å². The Morgan fingerprint density at radius 3 is 2.57 bits per heavy atom. The lowest BCUT2D eigenvalue weighted by atomic mass is 10.2. The fourth-order valence-electron chi connectivity index (χ4n) is 2.81. The molecule has 1 aromatic rings. The van der Waals surface area contributed by atoms with E-state index in [2.05, 4.69) is 23.3 Å². The number of carbonyl (C=O) groups is 1. The summed E-state index contributed by atoms with van der Waals surface area (Å²) in [6, 6.07) is 5.98. The lowest BCUT2D eigenvalue weighted by Gasteiger charge is -2.18. The molecule has 9 heteroatoms. The zero-order chi connectivity index (χ0) is 27.8. The van der Waals surface area contributed by atoms with E-state index in [1.807, 2.05) is 26.0 Å². The second-order valence-corrected chi connectivity index (χ2v) is 9.00. The van der Waals surface area contributed by atoms with Gasteiger partial charge in [0.15, 0.2) is 5.82 Å². The number of anilines is 1. The molecule has 0 radical (unpaired) electrons. The predicted octanol–water partition coefficient (Wildman–Crippen LogP) is 7.51. The van der Waals surface area contributed by atoms with Crippen molar-refractivity contribution in [3.63, 3.8) is 0 Å². The Hall–Kier alpha value is -3.31. The number of rotatable bonds is 11. The molecular weight excluding hydrogens is 495 g/mol. The molecule has 0 spiro atoms. The van der Waals surface area contributed by atoms with Crippen LogP contribution in [0.25, 0.3) is 0 Å². The van der Waals surface area contributed by atoms with Crippen molar-refractivity contribution in [2.75, 3.05) is 26.0 Å². The zero-order valence-corrected chi connectivity index (χ0v) is 23.4. The third kappa shape index (κ3) is 11.5. The van der Waals surface area contributed by atoms with Crippen molar-refractivity contribution >= 4 is 29.6 Å². The van der Waals surface area contributed by atoms with E-state index in [1.54, 1.807) is 24.9 Å². The van der Waals surface area contributed by atoms with Gasteiger partial charge in [-0.2, -0.15) is 5.26 Å². The molecule has 0 saturated heterocycles. The Morgan fingerprint density at radius 2 is 2.05 bits per heavy atom. The summed E-state index contributed by atoms with van der Waals surface area (Å²) in [4.78, 5) is 17.3. The van der Waals surface area contributed by atoms with Crippen LogP contribution in [0.15, 0.2) is 58.0 Å². The maximum absolute atomic E-state index is 14.0. The van der Waals surface area contributed by atoms with Gasteiger partial charge in [0.2, 0.25) is 0 Å². The average molecular weight is 533 g/mol. The maximum atomic E-state index is 14.0. The van der Waals surface area contributed by atoms with Crippen LogP contribution in [0.4, 0.5) is 14.9 Å². The van der Waals surface area contributed by atoms with Crippen LogP contribution in [0.3, 0.4) is 0 Å². The number of unbranched alkanes of at least 4 members (excludes halogenated alkanes) is 1. The number of methoxy groups -OCH3 is 1. The Labute approximate surface area is 225 Å². The minimum absolute atomic E-state index is 0.168. The molecular formula is C28H38ClFN4O3. The third-order valence-corrected chi connectivity index (χ3v) is 5.61. The highest BCUT2D eigenvalue weighted by atomic mass is 35.5. The van der Waals surface area contributed by atoms with Crippen LogP contribution in [0.1, 0.15) is 65.4 Å². The molecule has 0 atom stereocenters. The van der Waals surface area contributed by atoms with Crippen LogP contribution in [-0.4, -0.2) is 43.5 Å². The molecule has 37 heavy (non-hydrogen) atoms. The highest BCUT2D eigenvalue weighted by molar-refractivity contribution is 6.32. The number of benzene rings is 1. The van der Waals surface area contributed by atoms with Crippen LogP contribution in [0.5, 0.6) is 0 Å². The van der Waals surface area contributed by atoms with Crippen molar-refractivity contribution in [2.45, 2.75) is 65.4 Å². The van der Waals surface area contributed by atoms with E-state index in [1.165, 1.54) is 25.5 Å². The van der Waals surface area contributed by atoms with E-state index < -0.39 is 5.82 Å². The fraction of sp³-hybridized carbons (Fsp3) is 0.464. The van der Waals surface area contributed by atoms with E-state index in [0.717, 1.165) is 38.2 Å². The van der Waals surface area contributed by atoms with Crippen molar-refractivity contribution < 1.29 is 18.7 Å². The molecule has 0 aliphatic heterocycles. The Morgan fingerprint density at radius 1 is 1.35 bits per heavy atom. The standard InChI is InChI=1S/C16H17ClFN3O.C12H21NO2/c1-4-6-14(22-3)15(17)16(20-5-2)21-13-8-7-11(10-19)9-12(13)18;1-4-5-6-7-10-13(3)11(14)15-12(2)8-9-12/h5-9,21H,4H2,1-3H3;6-7H,4-5,8-10H2,1-3H3/b14-6-,16-15-,20-5-;7-6-. The number of ether oxygens (including phenoxy) is 2. The van der Waals surface area contributed by atoms with Crippen LogP contribution in [0, 0.1) is 17.1 Å². The predicted molar refractivity (Wildman–Crippen MR) is 148 cm³/mol. The normalized spacial score (nSPS) is 14.8. The topological polar surface area (TPSA) is 87.0 Å². The summed E-state index contributed by atoms with van der Waals surface area (Å²) in [5.74, 6) is 0.145. The summed E-state index contributed by atoms with van der Waals surface area (Å²) in [5.41, 5.74) is 0.241. The van der Waals surface area contributed by atoms with Crippen molar-refractivity contribution in [3.8, 4) is 6.07 Å². The first kappa shape index (κ1) is 31.7. The highest BCUT2D eigenvalue weighted by Crippen LogP contribution is 2.39. The Bertz CT molecular complexity index is 1060. The molecule has 1 aliphatic carbocycles. The van der Waals surface area contributed by atoms with Gasteiger partial charge in [-0.3, -0.25) is 0 Å². The molecule has 1 amide bonds. The van der Waals surface area contributed by atoms with Gasteiger partial charge in [0.05, 0.1) is 24.4 Å². The summed E-state index contributed by atoms with van der Waals surface area (Å²) < 4.78 is 24.5. The second-order valence-electron chi connectivity index (χ2n) is 8.62. The number of hydrogen-bond donors (Lipinski definition) is 1. The minimum atomic E-state index is -0.564. The molecule has 1 saturated carbocycles. The van der Waals surface area contributed by atoms with Crippen LogP contribution < -0.4 is 5.32 Å². The maximum Gasteiger partial charge on any atom is 0.410 e. The molecule has 1 aromatic carbocycles. The molecule has 2 rings (SSSR count). The molecule has 1 fully saturated rings. The quantitative estimate of drug-likeness (QED) is 0.138. The third-order valence-electron chi connectivity index (χ3n) is 5.24. The molecule has 7 nitrogen and oxygen atoms in total. The summed E-state index contributed by atoms with van der Waals surface area (Å²) in [6.45, 7) is 8.41. The van der Waals surface area contributed by atoms with Gasteiger partial charge in [-0.25, -0.2) is 14.2 Å². The van der Waals surface area contributed by atoms with Crippen molar-refractivity contribution in [1.82, 2.24) is 4.90 Å². The van der Waals surface area contributed by atoms with E-state index in [0.29, 0.717) is 12.3 Å². The number of amides is 1. The zero-order valence-electron chi connectivity index (χ0n) is 22.6. The number of allylic oxidation sites excluding steroid dienone is 3. The molecule has 1 aliphatic rings. The summed E-state index contributed by atoms with van der Waals surface area (Å²) in [5, 5.41) is 11.8. The number of nitrogens with zero attached hydrogens (tertiary/aromatic N) is 3. The number of carbonyl (C=O) groups excluding carboxylic acids is 1. The molecule has 0 heterocycles. The van der Waals surface area contributed by atoms with Crippen molar-refractivity contribution in [2.24, 2.45) is 4.99 Å². The number of aliphatic imine (C=N–C) groups is 1. The molecule has 202 valence electrons. The van der Waals surface area contributed by atoms with Gasteiger partial charge in [-0.1, -0.05) is 44.0 Å². The lowest BCUT2D eigenvalue weighted by Crippen LogP contribution is -2.31. The minimum Gasteiger partial charge on any atom is -0.495 e. The monoisotopic (exact) mass is 532 g/mol. The molecule has 0 bridgehead atoms. The first-order valence-electron chi connectivity index (χ1n) is 12.3. The number of hydrogen-bond acceptors (Lipinski definition) is 6. The van der Waals surface area contributed by atoms with Gasteiger partial charge >= 0.3 is 6.09 Å². The van der Waals surface area contributed by atoms with Gasteiger partial charge in [0, 0.05) is 19.8 Å². The fourth-order valence-corrected chi connectivity index (χ4v) is 3.06. The number of halogens is 2. The van der Waals surface area contributed by atoms with Gasteiger partial charge < -0.3 is 19.7 Å². The van der Waals surface area contributed by atoms with E-state index in [-0.39, 0.29) is 33.8 Å². The van der Waals surface area contributed by atoms with E-state index in [9.17, 15) is 9.18 Å². The van der Waals surface area contributed by atoms with Crippen LogP contribution in [0.2, 0.25) is 0 Å². The molecule has 1 N–H and O–H groups in total. The van der Waals surface area contributed by atoms with Crippen molar-refractivity contribution in [3.05, 3.63) is 64.4 Å². The van der Waals surface area contributed by atoms with Gasteiger partial charge in [-0.15, -0.1) is 0 Å². The SMILES string of the molecule is CCC/C=C\CN(C)C(=O)OC1(C)CC1.C\C=N/C(Nc1ccc(C#N)cc1F)=C(Cl)\C(=C\CC)OC. The number of nitriles is 1. The van der Waals surface area contributed by atoms with Crippen molar-refractivity contribution in [1.29, 1.82) is 5.26 Å². The van der Waals surface area contributed by atoms with E-state index in [4.69, 9.17) is 26.3 Å². The largest absolute Gasteiger partial charge is 0.495 e. The van der Waals surface area contributed by atoms with E-state index >= 15 is 0 Å². The summed E-state index contributed by atoms with van der Waals surface area (Å²) >= 11 is 6.27. The smallest absolute Gasteiger partial charge is 0.410 e. The number of likely N-dealkylation sites (N-methyl/N-ethyl adjacent to an activating group) is 1.